The maximum Gasteiger partial charge on any atom is 0.258 e. The first-order chi connectivity index (χ1) is 13.9. The van der Waals surface area contributed by atoms with Crippen molar-refractivity contribution >= 4 is 27.9 Å². The number of ether oxygens (including phenoxy) is 1. The molecule has 7 nitrogen and oxygen atoms in total. The SMILES string of the molecule is COc1ccc2c(c1)c(C[C@@H](C)NC(=O)c1cc(C)nc3onc(C)c13)cn2C. The quantitative estimate of drug-likeness (QED) is 0.560. The van der Waals surface area contributed by atoms with E-state index in [1.807, 2.05) is 46.0 Å². The number of amides is 1. The Morgan fingerprint density at radius 2 is 2.10 bits per heavy atom. The Morgan fingerprint density at radius 3 is 2.86 bits per heavy atom. The predicted molar refractivity (Wildman–Crippen MR) is 111 cm³/mol. The summed E-state index contributed by atoms with van der Waals surface area (Å²) < 4.78 is 12.7. The standard InChI is InChI=1S/C22H24N4O3/c1-12(8-15-11-26(4)19-7-6-16(28-5)10-17(15)19)23-21(27)18-9-13(2)24-22-20(18)14(3)25-29-22/h6-7,9-12H,8H2,1-5H3,(H,23,27)/t12-/m1/s1. The molecule has 1 atom stereocenters. The fourth-order valence-electron chi connectivity index (χ4n) is 3.82. The van der Waals surface area contributed by atoms with Gasteiger partial charge in [-0.1, -0.05) is 5.16 Å². The highest BCUT2D eigenvalue weighted by Crippen LogP contribution is 2.27. The van der Waals surface area contributed by atoms with Gasteiger partial charge in [0.25, 0.3) is 11.6 Å². The van der Waals surface area contributed by atoms with Crippen molar-refractivity contribution in [2.24, 2.45) is 7.05 Å². The first-order valence-electron chi connectivity index (χ1n) is 9.53. The Labute approximate surface area is 168 Å². The summed E-state index contributed by atoms with van der Waals surface area (Å²) in [5, 5.41) is 8.85. The summed E-state index contributed by atoms with van der Waals surface area (Å²) in [5.74, 6) is 0.663. The molecule has 29 heavy (non-hydrogen) atoms. The second-order valence-corrected chi connectivity index (χ2v) is 7.49. The number of hydrogen-bond donors (Lipinski definition) is 1. The molecule has 0 unspecified atom stereocenters. The summed E-state index contributed by atoms with van der Waals surface area (Å²) in [6, 6.07) is 7.75. The monoisotopic (exact) mass is 392 g/mol. The molecule has 150 valence electrons. The zero-order valence-electron chi connectivity index (χ0n) is 17.2. The van der Waals surface area contributed by atoms with Gasteiger partial charge in [0.15, 0.2) is 0 Å². The molecule has 3 aromatic heterocycles. The second-order valence-electron chi connectivity index (χ2n) is 7.49. The molecule has 0 saturated heterocycles. The van der Waals surface area contributed by atoms with Gasteiger partial charge in [0.05, 0.1) is 23.8 Å². The molecule has 0 radical (unpaired) electrons. The summed E-state index contributed by atoms with van der Waals surface area (Å²) in [4.78, 5) is 17.3. The average molecular weight is 392 g/mol. The summed E-state index contributed by atoms with van der Waals surface area (Å²) in [6.45, 7) is 5.65. The zero-order chi connectivity index (χ0) is 20.7. The molecule has 3 heterocycles. The molecule has 1 N–H and O–H groups in total. The first kappa shape index (κ1) is 19.0. The average Bonchev–Trinajstić information content (AvgIpc) is 3.20. The van der Waals surface area contributed by atoms with Crippen molar-refractivity contribution in [2.75, 3.05) is 7.11 Å². The molecular weight excluding hydrogens is 368 g/mol. The van der Waals surface area contributed by atoms with Crippen LogP contribution >= 0.6 is 0 Å². The van der Waals surface area contributed by atoms with Crippen LogP contribution in [0.2, 0.25) is 0 Å². The second kappa shape index (κ2) is 7.24. The number of methoxy groups -OCH3 is 1. The fourth-order valence-corrected chi connectivity index (χ4v) is 3.82. The highest BCUT2D eigenvalue weighted by molar-refractivity contribution is 6.06. The predicted octanol–water partition coefficient (Wildman–Crippen LogP) is 3.70. The van der Waals surface area contributed by atoms with Gasteiger partial charge in [-0.15, -0.1) is 0 Å². The van der Waals surface area contributed by atoms with Crippen molar-refractivity contribution in [2.45, 2.75) is 33.2 Å². The number of carbonyl (C=O) groups excluding carboxylic acids is 1. The smallest absolute Gasteiger partial charge is 0.258 e. The number of rotatable bonds is 5. The number of fused-ring (bicyclic) bond motifs is 2. The number of nitrogens with zero attached hydrogens (tertiary/aromatic N) is 3. The molecule has 0 bridgehead atoms. The number of nitrogens with one attached hydrogen (secondary N) is 1. The third-order valence-electron chi connectivity index (χ3n) is 5.17. The highest BCUT2D eigenvalue weighted by atomic mass is 16.5. The Morgan fingerprint density at radius 1 is 1.31 bits per heavy atom. The molecule has 0 aliphatic carbocycles. The summed E-state index contributed by atoms with van der Waals surface area (Å²) in [5.41, 5.74) is 4.59. The topological polar surface area (TPSA) is 82.2 Å². The number of benzene rings is 1. The van der Waals surface area contributed by atoms with Gasteiger partial charge in [-0.2, -0.15) is 0 Å². The van der Waals surface area contributed by atoms with Crippen LogP contribution < -0.4 is 10.1 Å². The summed E-state index contributed by atoms with van der Waals surface area (Å²) in [6.07, 6.45) is 2.80. The van der Waals surface area contributed by atoms with E-state index in [4.69, 9.17) is 9.26 Å². The largest absolute Gasteiger partial charge is 0.497 e. The van der Waals surface area contributed by atoms with Crippen molar-refractivity contribution in [3.8, 4) is 5.75 Å². The normalized spacial score (nSPS) is 12.4. The van der Waals surface area contributed by atoms with Crippen LogP contribution in [-0.2, 0) is 13.5 Å². The maximum absolute atomic E-state index is 13.0. The molecule has 0 fully saturated rings. The van der Waals surface area contributed by atoms with Crippen molar-refractivity contribution in [1.29, 1.82) is 0 Å². The zero-order valence-corrected chi connectivity index (χ0v) is 17.2. The van der Waals surface area contributed by atoms with Crippen molar-refractivity contribution < 1.29 is 14.1 Å². The lowest BCUT2D eigenvalue weighted by molar-refractivity contribution is 0.0941. The van der Waals surface area contributed by atoms with Crippen LogP contribution in [-0.4, -0.2) is 33.8 Å². The van der Waals surface area contributed by atoms with Gasteiger partial charge in [0.1, 0.15) is 5.75 Å². The van der Waals surface area contributed by atoms with E-state index in [0.717, 1.165) is 22.2 Å². The summed E-state index contributed by atoms with van der Waals surface area (Å²) >= 11 is 0. The Hall–Kier alpha value is -3.35. The summed E-state index contributed by atoms with van der Waals surface area (Å²) in [7, 11) is 3.68. The number of aryl methyl sites for hydroxylation is 3. The van der Waals surface area contributed by atoms with Crippen LogP contribution in [0.4, 0.5) is 0 Å². The van der Waals surface area contributed by atoms with Gasteiger partial charge in [-0.25, -0.2) is 4.98 Å². The number of carbonyl (C=O) groups is 1. The molecule has 4 rings (SSSR count). The number of aromatic nitrogens is 3. The number of hydrogen-bond acceptors (Lipinski definition) is 5. The maximum atomic E-state index is 13.0. The van der Waals surface area contributed by atoms with E-state index in [9.17, 15) is 4.79 Å². The molecule has 0 saturated carbocycles. The van der Waals surface area contributed by atoms with Gasteiger partial charge in [0, 0.05) is 35.9 Å². The van der Waals surface area contributed by atoms with E-state index in [2.05, 4.69) is 26.2 Å². The van der Waals surface area contributed by atoms with Crippen LogP contribution in [0.1, 0.15) is 34.2 Å². The molecular formula is C22H24N4O3. The van der Waals surface area contributed by atoms with E-state index in [-0.39, 0.29) is 11.9 Å². The molecule has 0 spiro atoms. The van der Waals surface area contributed by atoms with E-state index in [0.29, 0.717) is 34.5 Å². The van der Waals surface area contributed by atoms with Crippen LogP contribution in [0.25, 0.3) is 22.0 Å². The molecule has 1 aromatic carbocycles. The fraction of sp³-hybridized carbons (Fsp3) is 0.318. The van der Waals surface area contributed by atoms with Gasteiger partial charge in [0.2, 0.25) is 0 Å². The molecule has 4 aromatic rings. The third-order valence-corrected chi connectivity index (χ3v) is 5.17. The minimum atomic E-state index is -0.155. The van der Waals surface area contributed by atoms with E-state index in [1.54, 1.807) is 13.2 Å². The minimum absolute atomic E-state index is 0.0667. The lowest BCUT2D eigenvalue weighted by Gasteiger charge is -2.14. The van der Waals surface area contributed by atoms with Crippen LogP contribution in [0.3, 0.4) is 0 Å². The van der Waals surface area contributed by atoms with Gasteiger partial charge < -0.3 is 19.1 Å². The van der Waals surface area contributed by atoms with Gasteiger partial charge in [-0.3, -0.25) is 4.79 Å². The van der Waals surface area contributed by atoms with Crippen molar-refractivity contribution in [1.82, 2.24) is 20.0 Å². The van der Waals surface area contributed by atoms with Crippen molar-refractivity contribution in [3.63, 3.8) is 0 Å². The minimum Gasteiger partial charge on any atom is -0.497 e. The third kappa shape index (κ3) is 3.44. The van der Waals surface area contributed by atoms with E-state index < -0.39 is 0 Å². The van der Waals surface area contributed by atoms with Crippen LogP contribution in [0.5, 0.6) is 5.75 Å². The first-order valence-corrected chi connectivity index (χ1v) is 9.53. The molecule has 0 aliphatic heterocycles. The van der Waals surface area contributed by atoms with Crippen LogP contribution in [0.15, 0.2) is 35.0 Å². The highest BCUT2D eigenvalue weighted by Gasteiger charge is 2.20. The molecule has 0 aliphatic rings. The Balaban J connectivity index is 1.59. The lowest BCUT2D eigenvalue weighted by atomic mass is 10.0. The van der Waals surface area contributed by atoms with Crippen LogP contribution in [0, 0.1) is 13.8 Å². The Kier molecular flexibility index (Phi) is 4.74. The lowest BCUT2D eigenvalue weighted by Crippen LogP contribution is -2.34. The molecule has 7 heteroatoms. The van der Waals surface area contributed by atoms with Gasteiger partial charge in [-0.05, 0) is 57.0 Å². The molecule has 1 amide bonds. The Bertz CT molecular complexity index is 1220. The number of pyridine rings is 1. The van der Waals surface area contributed by atoms with Gasteiger partial charge >= 0.3 is 0 Å². The van der Waals surface area contributed by atoms with E-state index >= 15 is 0 Å². The van der Waals surface area contributed by atoms with E-state index in [1.165, 1.54) is 0 Å². The van der Waals surface area contributed by atoms with Crippen molar-refractivity contribution in [3.05, 3.63) is 53.0 Å².